The van der Waals surface area contributed by atoms with Crippen molar-refractivity contribution in [3.05, 3.63) is 24.3 Å². The van der Waals surface area contributed by atoms with Crippen LogP contribution in [-0.2, 0) is 0 Å². The van der Waals surface area contributed by atoms with Gasteiger partial charge in [0.1, 0.15) is 0 Å². The first-order chi connectivity index (χ1) is 6.09. The SMILES string of the molecule is CC(C)(C)N1CSc2ccccc21.[S]. The minimum Gasteiger partial charge on any atom is -0.356 e. The molecular weight excluding hydrogens is 210 g/mol. The van der Waals surface area contributed by atoms with Gasteiger partial charge in [-0.2, -0.15) is 0 Å². The maximum absolute atomic E-state index is 2.45. The van der Waals surface area contributed by atoms with Crippen LogP contribution in [0.15, 0.2) is 29.2 Å². The van der Waals surface area contributed by atoms with E-state index in [1.807, 2.05) is 11.8 Å². The molecule has 0 bridgehead atoms. The number of anilines is 1. The molecule has 1 aliphatic heterocycles. The zero-order chi connectivity index (χ0) is 9.47. The van der Waals surface area contributed by atoms with E-state index in [1.165, 1.54) is 10.6 Å². The summed E-state index contributed by atoms with van der Waals surface area (Å²) < 4.78 is 0. The summed E-state index contributed by atoms with van der Waals surface area (Å²) in [7, 11) is 0. The van der Waals surface area contributed by atoms with Crippen molar-refractivity contribution in [2.45, 2.75) is 31.2 Å². The molecule has 14 heavy (non-hydrogen) atoms. The number of rotatable bonds is 0. The molecule has 0 unspecified atom stereocenters. The maximum Gasteiger partial charge on any atom is 0.0692 e. The van der Waals surface area contributed by atoms with Crippen molar-refractivity contribution in [2.75, 3.05) is 10.8 Å². The lowest BCUT2D eigenvalue weighted by molar-refractivity contribution is 0.534. The van der Waals surface area contributed by atoms with Gasteiger partial charge >= 0.3 is 0 Å². The smallest absolute Gasteiger partial charge is 0.0692 e. The number of hydrogen-bond donors (Lipinski definition) is 0. The summed E-state index contributed by atoms with van der Waals surface area (Å²) in [5.74, 6) is 1.09. The number of benzene rings is 1. The molecule has 0 N–H and O–H groups in total. The van der Waals surface area contributed by atoms with Crippen LogP contribution < -0.4 is 4.90 Å². The third-order valence-corrected chi connectivity index (χ3v) is 3.36. The fourth-order valence-corrected chi connectivity index (χ4v) is 2.86. The first-order valence-corrected chi connectivity index (χ1v) is 5.57. The van der Waals surface area contributed by atoms with Gasteiger partial charge in [-0.3, -0.25) is 0 Å². The maximum atomic E-state index is 2.45. The number of nitrogens with zero attached hydrogens (tertiary/aromatic N) is 1. The molecule has 1 nitrogen and oxygen atoms in total. The van der Waals surface area contributed by atoms with Crippen LogP contribution in [0.4, 0.5) is 5.69 Å². The highest BCUT2D eigenvalue weighted by atomic mass is 32.2. The predicted molar refractivity (Wildman–Crippen MR) is 67.0 cm³/mol. The molecule has 0 saturated carbocycles. The Morgan fingerprint density at radius 1 is 1.21 bits per heavy atom. The summed E-state index contributed by atoms with van der Waals surface area (Å²) in [4.78, 5) is 3.87. The Balaban J connectivity index is 0.000000980. The second-order valence-electron chi connectivity index (χ2n) is 4.34. The van der Waals surface area contributed by atoms with Gasteiger partial charge in [-0.05, 0) is 32.9 Å². The molecule has 1 aromatic rings. The molecular formula is C11H15NS2. The van der Waals surface area contributed by atoms with E-state index in [0.717, 1.165) is 5.88 Å². The number of fused-ring (bicyclic) bond motifs is 1. The normalized spacial score (nSPS) is 14.9. The first kappa shape index (κ1) is 11.8. The van der Waals surface area contributed by atoms with Crippen molar-refractivity contribution in [3.8, 4) is 0 Å². The number of hydrogen-bond acceptors (Lipinski definition) is 2. The molecule has 76 valence electrons. The molecule has 0 atom stereocenters. The topological polar surface area (TPSA) is 3.24 Å². The largest absolute Gasteiger partial charge is 0.356 e. The van der Waals surface area contributed by atoms with E-state index in [1.54, 1.807) is 0 Å². The molecule has 1 aliphatic rings. The highest BCUT2D eigenvalue weighted by Crippen LogP contribution is 2.41. The van der Waals surface area contributed by atoms with E-state index >= 15 is 0 Å². The number of para-hydroxylation sites is 1. The van der Waals surface area contributed by atoms with E-state index in [-0.39, 0.29) is 19.0 Å². The van der Waals surface area contributed by atoms with E-state index < -0.39 is 0 Å². The van der Waals surface area contributed by atoms with Crippen LogP contribution in [0, 0.1) is 0 Å². The zero-order valence-electron chi connectivity index (χ0n) is 8.78. The van der Waals surface area contributed by atoms with Crippen molar-refractivity contribution in [2.24, 2.45) is 0 Å². The Bertz CT molecular complexity index is 317. The molecule has 0 aromatic heterocycles. The Morgan fingerprint density at radius 2 is 1.86 bits per heavy atom. The molecule has 0 saturated heterocycles. The van der Waals surface area contributed by atoms with E-state index in [0.29, 0.717) is 0 Å². The lowest BCUT2D eigenvalue weighted by Gasteiger charge is -2.33. The Hall–Kier alpha value is -0.280. The molecule has 0 aliphatic carbocycles. The molecule has 1 heterocycles. The lowest BCUT2D eigenvalue weighted by atomic mass is 10.1. The van der Waals surface area contributed by atoms with E-state index in [4.69, 9.17) is 0 Å². The molecule has 3 heteroatoms. The summed E-state index contributed by atoms with van der Waals surface area (Å²) in [6, 6.07) is 8.63. The quantitative estimate of drug-likeness (QED) is 0.656. The Morgan fingerprint density at radius 3 is 2.50 bits per heavy atom. The fourth-order valence-electron chi connectivity index (χ4n) is 1.56. The van der Waals surface area contributed by atoms with Gasteiger partial charge in [0.25, 0.3) is 0 Å². The summed E-state index contributed by atoms with van der Waals surface area (Å²) in [6.07, 6.45) is 0. The predicted octanol–water partition coefficient (Wildman–Crippen LogP) is 4.00. The van der Waals surface area contributed by atoms with E-state index in [9.17, 15) is 0 Å². The van der Waals surface area contributed by atoms with Crippen LogP contribution in [0.5, 0.6) is 0 Å². The molecule has 2 radical (unpaired) electrons. The van der Waals surface area contributed by atoms with Crippen LogP contribution >= 0.6 is 25.3 Å². The van der Waals surface area contributed by atoms with Gasteiger partial charge in [0, 0.05) is 23.9 Å². The van der Waals surface area contributed by atoms with Gasteiger partial charge in [0.2, 0.25) is 0 Å². The van der Waals surface area contributed by atoms with Gasteiger partial charge in [0.15, 0.2) is 0 Å². The lowest BCUT2D eigenvalue weighted by Crippen LogP contribution is -2.39. The van der Waals surface area contributed by atoms with Gasteiger partial charge in [0.05, 0.1) is 11.6 Å². The average Bonchev–Trinajstić information content (AvgIpc) is 2.45. The highest BCUT2D eigenvalue weighted by molar-refractivity contribution is 7.99. The van der Waals surface area contributed by atoms with Crippen LogP contribution in [0.1, 0.15) is 20.8 Å². The van der Waals surface area contributed by atoms with Crippen LogP contribution in [0.2, 0.25) is 0 Å². The third kappa shape index (κ3) is 2.04. The Kier molecular flexibility index (Phi) is 3.43. The van der Waals surface area contributed by atoms with Crippen LogP contribution in [0.3, 0.4) is 0 Å². The third-order valence-electron chi connectivity index (χ3n) is 2.31. The molecule has 0 fully saturated rings. The van der Waals surface area contributed by atoms with Crippen molar-refractivity contribution in [1.82, 2.24) is 0 Å². The minimum atomic E-state index is 0. The first-order valence-electron chi connectivity index (χ1n) is 4.58. The highest BCUT2D eigenvalue weighted by Gasteiger charge is 2.28. The van der Waals surface area contributed by atoms with Crippen molar-refractivity contribution in [1.29, 1.82) is 0 Å². The van der Waals surface area contributed by atoms with Gasteiger partial charge in [-0.1, -0.05) is 12.1 Å². The molecule has 0 amide bonds. The molecule has 1 aromatic carbocycles. The van der Waals surface area contributed by atoms with E-state index in [2.05, 4.69) is 49.9 Å². The summed E-state index contributed by atoms with van der Waals surface area (Å²) >= 11 is 1.93. The summed E-state index contributed by atoms with van der Waals surface area (Å²) in [5.41, 5.74) is 1.62. The van der Waals surface area contributed by atoms with Crippen molar-refractivity contribution < 1.29 is 0 Å². The van der Waals surface area contributed by atoms with Crippen LogP contribution in [-0.4, -0.2) is 11.4 Å². The van der Waals surface area contributed by atoms with Crippen LogP contribution in [0.25, 0.3) is 0 Å². The van der Waals surface area contributed by atoms with Gasteiger partial charge in [-0.25, -0.2) is 0 Å². The monoisotopic (exact) mass is 225 g/mol. The molecule has 0 spiro atoms. The molecule has 2 rings (SSSR count). The standard InChI is InChI=1S/C11H15NS.S/c1-11(2,3)12-8-13-10-7-5-4-6-9(10)12;/h4-7H,8H2,1-3H3;. The second kappa shape index (κ2) is 4.07. The number of thioether (sulfide) groups is 1. The summed E-state index contributed by atoms with van der Waals surface area (Å²) in [6.45, 7) is 6.78. The van der Waals surface area contributed by atoms with Crippen molar-refractivity contribution >= 4 is 30.9 Å². The second-order valence-corrected chi connectivity index (χ2v) is 5.33. The Labute approximate surface area is 97.3 Å². The van der Waals surface area contributed by atoms with Gasteiger partial charge < -0.3 is 4.90 Å². The van der Waals surface area contributed by atoms with Crippen molar-refractivity contribution in [3.63, 3.8) is 0 Å². The minimum absolute atomic E-state index is 0. The fraction of sp³-hybridized carbons (Fsp3) is 0.455. The van der Waals surface area contributed by atoms with Gasteiger partial charge in [-0.15, -0.1) is 11.8 Å². The average molecular weight is 225 g/mol. The summed E-state index contributed by atoms with van der Waals surface area (Å²) in [5, 5.41) is 0. The zero-order valence-corrected chi connectivity index (χ0v) is 10.4.